The number of nitrogens with zero attached hydrogens (tertiary/aromatic N) is 2. The van der Waals surface area contributed by atoms with Crippen molar-refractivity contribution >= 4 is 17.5 Å². The summed E-state index contributed by atoms with van der Waals surface area (Å²) in [5.41, 5.74) is 7.63. The largest absolute Gasteiger partial charge is 0.348 e. The molecule has 1 aromatic carbocycles. The van der Waals surface area contributed by atoms with Crippen molar-refractivity contribution in [2.45, 2.75) is 25.4 Å². The molecule has 0 aliphatic heterocycles. The molecular formula is C15H19ClN4O. The summed E-state index contributed by atoms with van der Waals surface area (Å²) in [5, 5.41) is 7.64. The van der Waals surface area contributed by atoms with E-state index in [9.17, 15) is 4.79 Å². The molecule has 0 saturated carbocycles. The van der Waals surface area contributed by atoms with Gasteiger partial charge in [-0.1, -0.05) is 30.7 Å². The predicted molar refractivity (Wildman–Crippen MR) is 82.8 cm³/mol. The molecule has 0 bridgehead atoms. The normalized spacial score (nSPS) is 13.7. The van der Waals surface area contributed by atoms with E-state index in [1.54, 1.807) is 30.2 Å². The zero-order chi connectivity index (χ0) is 15.4. The lowest BCUT2D eigenvalue weighted by atomic mass is 10.0. The minimum absolute atomic E-state index is 0.112. The summed E-state index contributed by atoms with van der Waals surface area (Å²) < 4.78 is 1.62. The molecular weight excluding hydrogens is 288 g/mol. The quantitative estimate of drug-likeness (QED) is 0.890. The molecule has 0 radical (unpaired) electrons. The first-order valence-corrected chi connectivity index (χ1v) is 7.19. The van der Waals surface area contributed by atoms with Crippen LogP contribution in [0.2, 0.25) is 5.02 Å². The second kappa shape index (κ2) is 6.74. The number of carbonyl (C=O) groups is 1. The Morgan fingerprint density at radius 1 is 1.48 bits per heavy atom. The lowest BCUT2D eigenvalue weighted by Crippen LogP contribution is -2.36. The van der Waals surface area contributed by atoms with Crippen molar-refractivity contribution in [2.24, 2.45) is 12.8 Å². The molecule has 112 valence electrons. The number of aryl methyl sites for hydroxylation is 1. The van der Waals surface area contributed by atoms with Crippen molar-refractivity contribution in [2.75, 3.05) is 0 Å². The van der Waals surface area contributed by atoms with Crippen LogP contribution in [-0.2, 0) is 11.8 Å². The number of nitrogens with one attached hydrogen (secondary N) is 1. The van der Waals surface area contributed by atoms with Gasteiger partial charge in [-0.3, -0.25) is 9.48 Å². The molecule has 0 saturated heterocycles. The van der Waals surface area contributed by atoms with Crippen LogP contribution in [0.25, 0.3) is 0 Å². The second-order valence-electron chi connectivity index (χ2n) is 4.95. The van der Waals surface area contributed by atoms with E-state index in [1.165, 1.54) is 0 Å². The van der Waals surface area contributed by atoms with Gasteiger partial charge < -0.3 is 11.1 Å². The maximum Gasteiger partial charge on any atom is 0.242 e. The van der Waals surface area contributed by atoms with Crippen molar-refractivity contribution < 1.29 is 4.79 Å². The summed E-state index contributed by atoms with van der Waals surface area (Å²) in [6.45, 7) is 2.00. The zero-order valence-corrected chi connectivity index (χ0v) is 12.8. The third-order valence-corrected chi connectivity index (χ3v) is 3.58. The smallest absolute Gasteiger partial charge is 0.242 e. The average molecular weight is 307 g/mol. The van der Waals surface area contributed by atoms with E-state index in [4.69, 9.17) is 17.3 Å². The molecule has 0 aliphatic carbocycles. The fourth-order valence-electron chi connectivity index (χ4n) is 2.16. The Morgan fingerprint density at radius 2 is 2.24 bits per heavy atom. The molecule has 5 nitrogen and oxygen atoms in total. The van der Waals surface area contributed by atoms with Crippen molar-refractivity contribution in [3.63, 3.8) is 0 Å². The molecule has 6 heteroatoms. The molecule has 1 aromatic heterocycles. The van der Waals surface area contributed by atoms with Crippen molar-refractivity contribution in [3.05, 3.63) is 52.8 Å². The highest BCUT2D eigenvalue weighted by atomic mass is 35.5. The molecule has 0 aliphatic rings. The van der Waals surface area contributed by atoms with Gasteiger partial charge in [0.25, 0.3) is 0 Å². The average Bonchev–Trinajstić information content (AvgIpc) is 2.90. The van der Waals surface area contributed by atoms with Gasteiger partial charge in [0.1, 0.15) is 6.04 Å². The van der Waals surface area contributed by atoms with E-state index >= 15 is 0 Å². The first-order valence-electron chi connectivity index (χ1n) is 6.81. The van der Waals surface area contributed by atoms with Crippen LogP contribution in [0, 0.1) is 0 Å². The first kappa shape index (κ1) is 15.5. The summed E-state index contributed by atoms with van der Waals surface area (Å²) in [7, 11) is 1.79. The molecule has 21 heavy (non-hydrogen) atoms. The van der Waals surface area contributed by atoms with Gasteiger partial charge in [-0.2, -0.15) is 5.10 Å². The second-order valence-corrected chi connectivity index (χ2v) is 5.39. The van der Waals surface area contributed by atoms with E-state index in [2.05, 4.69) is 10.4 Å². The van der Waals surface area contributed by atoms with Crippen LogP contribution in [0.1, 0.15) is 36.6 Å². The Labute approximate surface area is 129 Å². The van der Waals surface area contributed by atoms with Crippen molar-refractivity contribution in [3.8, 4) is 0 Å². The standard InChI is InChI=1S/C15H19ClN4O/c1-3-13(10-5-4-6-12(16)7-10)19-15(21)14(17)11-8-18-20(2)9-11/h4-9,13-14H,3,17H2,1-2H3,(H,19,21). The lowest BCUT2D eigenvalue weighted by Gasteiger charge is -2.20. The summed E-state index contributed by atoms with van der Waals surface area (Å²) in [6.07, 6.45) is 4.10. The number of benzene rings is 1. The van der Waals surface area contributed by atoms with Crippen LogP contribution < -0.4 is 11.1 Å². The molecule has 2 atom stereocenters. The molecule has 1 heterocycles. The summed E-state index contributed by atoms with van der Waals surface area (Å²) in [6, 6.07) is 6.63. The highest BCUT2D eigenvalue weighted by Gasteiger charge is 2.20. The number of nitrogens with two attached hydrogens (primary N) is 1. The van der Waals surface area contributed by atoms with Gasteiger partial charge in [0.05, 0.1) is 12.2 Å². The SMILES string of the molecule is CCC(NC(=O)C(N)c1cnn(C)c1)c1cccc(Cl)c1. The zero-order valence-electron chi connectivity index (χ0n) is 12.1. The molecule has 2 unspecified atom stereocenters. The number of carbonyl (C=O) groups excluding carboxylic acids is 1. The Hall–Kier alpha value is -1.85. The number of amides is 1. The lowest BCUT2D eigenvalue weighted by molar-refractivity contribution is -0.123. The van der Waals surface area contributed by atoms with Crippen LogP contribution in [0.5, 0.6) is 0 Å². The fraction of sp³-hybridized carbons (Fsp3) is 0.333. The molecule has 3 N–H and O–H groups in total. The number of rotatable bonds is 5. The fourth-order valence-corrected chi connectivity index (χ4v) is 2.36. The summed E-state index contributed by atoms with van der Waals surface area (Å²) >= 11 is 6.00. The van der Waals surface area contributed by atoms with Crippen LogP contribution in [0.15, 0.2) is 36.7 Å². The Bertz CT molecular complexity index is 626. The third kappa shape index (κ3) is 3.83. The van der Waals surface area contributed by atoms with Crippen molar-refractivity contribution in [1.29, 1.82) is 0 Å². The van der Waals surface area contributed by atoms with E-state index in [0.29, 0.717) is 10.6 Å². The Morgan fingerprint density at radius 3 is 2.81 bits per heavy atom. The van der Waals surface area contributed by atoms with E-state index in [1.807, 2.05) is 25.1 Å². The topological polar surface area (TPSA) is 72.9 Å². The number of aromatic nitrogens is 2. The molecule has 0 fully saturated rings. The van der Waals surface area contributed by atoms with Crippen LogP contribution in [0.4, 0.5) is 0 Å². The Kier molecular flexibility index (Phi) is 4.98. The predicted octanol–water partition coefficient (Wildman–Crippen LogP) is 2.34. The Balaban J connectivity index is 2.09. The third-order valence-electron chi connectivity index (χ3n) is 3.34. The van der Waals surface area contributed by atoms with E-state index < -0.39 is 6.04 Å². The van der Waals surface area contributed by atoms with E-state index in [-0.39, 0.29) is 11.9 Å². The van der Waals surface area contributed by atoms with Gasteiger partial charge >= 0.3 is 0 Å². The molecule has 2 aromatic rings. The highest BCUT2D eigenvalue weighted by molar-refractivity contribution is 6.30. The van der Waals surface area contributed by atoms with Crippen LogP contribution >= 0.6 is 11.6 Å². The first-order chi connectivity index (χ1) is 10.0. The molecule has 0 spiro atoms. The number of hydrogen-bond acceptors (Lipinski definition) is 3. The van der Waals surface area contributed by atoms with Gasteiger partial charge in [0.15, 0.2) is 0 Å². The number of halogens is 1. The van der Waals surface area contributed by atoms with Crippen molar-refractivity contribution in [1.82, 2.24) is 15.1 Å². The van der Waals surface area contributed by atoms with Gasteiger partial charge in [0, 0.05) is 23.8 Å². The van der Waals surface area contributed by atoms with Gasteiger partial charge in [-0.15, -0.1) is 0 Å². The monoisotopic (exact) mass is 306 g/mol. The van der Waals surface area contributed by atoms with Crippen LogP contribution in [0.3, 0.4) is 0 Å². The maximum atomic E-state index is 12.3. The number of hydrogen-bond donors (Lipinski definition) is 2. The van der Waals surface area contributed by atoms with Gasteiger partial charge in [-0.25, -0.2) is 0 Å². The minimum atomic E-state index is -0.730. The van der Waals surface area contributed by atoms with Gasteiger partial charge in [0.2, 0.25) is 5.91 Å². The summed E-state index contributed by atoms with van der Waals surface area (Å²) in [4.78, 5) is 12.3. The molecule has 2 rings (SSSR count). The molecule has 1 amide bonds. The minimum Gasteiger partial charge on any atom is -0.348 e. The highest BCUT2D eigenvalue weighted by Crippen LogP contribution is 2.21. The maximum absolute atomic E-state index is 12.3. The summed E-state index contributed by atoms with van der Waals surface area (Å²) in [5.74, 6) is -0.227. The van der Waals surface area contributed by atoms with E-state index in [0.717, 1.165) is 12.0 Å². The van der Waals surface area contributed by atoms with Gasteiger partial charge in [-0.05, 0) is 24.1 Å². The van der Waals surface area contributed by atoms with Crippen LogP contribution in [-0.4, -0.2) is 15.7 Å².